The van der Waals surface area contributed by atoms with Crippen LogP contribution in [0.1, 0.15) is 5.56 Å². The molecular formula is C19H19ClN4O2. The number of ether oxygens (including phenoxy) is 1. The van der Waals surface area contributed by atoms with Gasteiger partial charge in [0, 0.05) is 36.9 Å². The molecule has 1 aliphatic rings. The summed E-state index contributed by atoms with van der Waals surface area (Å²) >= 11 is 6.00. The Bertz CT molecular complexity index is 824. The number of nitrogens with zero attached hydrogens (tertiary/aromatic N) is 3. The third-order valence-corrected chi connectivity index (χ3v) is 4.57. The van der Waals surface area contributed by atoms with E-state index >= 15 is 0 Å². The van der Waals surface area contributed by atoms with Crippen molar-refractivity contribution in [2.45, 2.75) is 0 Å². The first kappa shape index (κ1) is 17.9. The Morgan fingerprint density at radius 1 is 1.15 bits per heavy atom. The molecule has 0 aliphatic carbocycles. The average Bonchev–Trinajstić information content (AvgIpc) is 2.68. The number of nitriles is 1. The fraction of sp³-hybridized carbons (Fsp3) is 0.263. The second-order valence-electron chi connectivity index (χ2n) is 5.91. The van der Waals surface area contributed by atoms with Gasteiger partial charge >= 0.3 is 6.03 Å². The summed E-state index contributed by atoms with van der Waals surface area (Å²) in [5.74, 6) is 0.568. The van der Waals surface area contributed by atoms with Crippen molar-refractivity contribution >= 4 is 29.0 Å². The smallest absolute Gasteiger partial charge is 0.322 e. The molecule has 0 unspecified atom stereocenters. The fourth-order valence-electron chi connectivity index (χ4n) is 2.89. The Labute approximate surface area is 157 Å². The SMILES string of the molecule is COc1ccc(Cl)cc1NC(=O)N1CCN(c2ccc(C#N)cc2)CC1. The molecule has 1 N–H and O–H groups in total. The summed E-state index contributed by atoms with van der Waals surface area (Å²) in [5.41, 5.74) is 2.25. The molecule has 0 saturated carbocycles. The number of carbonyl (C=O) groups excluding carboxylic acids is 1. The molecule has 0 atom stereocenters. The van der Waals surface area contributed by atoms with E-state index in [-0.39, 0.29) is 6.03 Å². The van der Waals surface area contributed by atoms with Gasteiger partial charge in [-0.15, -0.1) is 0 Å². The minimum Gasteiger partial charge on any atom is -0.495 e. The van der Waals surface area contributed by atoms with Gasteiger partial charge in [-0.1, -0.05) is 11.6 Å². The number of halogens is 1. The van der Waals surface area contributed by atoms with Crippen molar-refractivity contribution in [2.24, 2.45) is 0 Å². The summed E-state index contributed by atoms with van der Waals surface area (Å²) in [6.45, 7) is 2.67. The van der Waals surface area contributed by atoms with Crippen LogP contribution in [0, 0.1) is 11.3 Å². The summed E-state index contributed by atoms with van der Waals surface area (Å²) in [7, 11) is 1.55. The van der Waals surface area contributed by atoms with Gasteiger partial charge in [-0.25, -0.2) is 4.79 Å². The highest BCUT2D eigenvalue weighted by atomic mass is 35.5. The van der Waals surface area contributed by atoms with E-state index in [4.69, 9.17) is 21.6 Å². The number of rotatable bonds is 3. The molecule has 2 aromatic rings. The molecule has 0 spiro atoms. The van der Waals surface area contributed by atoms with E-state index in [1.165, 1.54) is 0 Å². The van der Waals surface area contributed by atoms with Gasteiger partial charge in [0.1, 0.15) is 5.75 Å². The van der Waals surface area contributed by atoms with Gasteiger partial charge in [-0.05, 0) is 42.5 Å². The molecule has 1 heterocycles. The molecule has 0 bridgehead atoms. The van der Waals surface area contributed by atoms with Crippen LogP contribution in [0.25, 0.3) is 0 Å². The predicted octanol–water partition coefficient (Wildman–Crippen LogP) is 3.57. The third kappa shape index (κ3) is 4.01. The standard InChI is InChI=1S/C19H19ClN4O2/c1-26-18-7-4-15(20)12-17(18)22-19(25)24-10-8-23(9-11-24)16-5-2-14(13-21)3-6-16/h2-7,12H,8-11H2,1H3,(H,22,25). The minimum absolute atomic E-state index is 0.176. The van der Waals surface area contributed by atoms with E-state index in [2.05, 4.69) is 16.3 Å². The molecule has 26 heavy (non-hydrogen) atoms. The Hall–Kier alpha value is -2.91. The molecule has 2 amide bonds. The Morgan fingerprint density at radius 2 is 1.85 bits per heavy atom. The first-order valence-electron chi connectivity index (χ1n) is 8.25. The number of carbonyl (C=O) groups is 1. The van der Waals surface area contributed by atoms with E-state index < -0.39 is 0 Å². The van der Waals surface area contributed by atoms with Gasteiger partial charge in [0.25, 0.3) is 0 Å². The van der Waals surface area contributed by atoms with Gasteiger partial charge in [-0.2, -0.15) is 5.26 Å². The molecule has 3 rings (SSSR count). The van der Waals surface area contributed by atoms with E-state index in [0.29, 0.717) is 35.1 Å². The predicted molar refractivity (Wildman–Crippen MR) is 102 cm³/mol. The maximum absolute atomic E-state index is 12.5. The van der Waals surface area contributed by atoms with Crippen molar-refractivity contribution < 1.29 is 9.53 Å². The monoisotopic (exact) mass is 370 g/mol. The summed E-state index contributed by atoms with van der Waals surface area (Å²) < 4.78 is 5.26. The zero-order valence-electron chi connectivity index (χ0n) is 14.4. The molecule has 1 saturated heterocycles. The number of piperazine rings is 1. The summed E-state index contributed by atoms with van der Waals surface area (Å²) in [6, 6.07) is 14.5. The summed E-state index contributed by atoms with van der Waals surface area (Å²) in [6.07, 6.45) is 0. The van der Waals surface area contributed by atoms with Crippen molar-refractivity contribution in [3.8, 4) is 11.8 Å². The number of methoxy groups -OCH3 is 1. The lowest BCUT2D eigenvalue weighted by Crippen LogP contribution is -2.50. The molecule has 2 aromatic carbocycles. The first-order valence-corrected chi connectivity index (χ1v) is 8.63. The van der Waals surface area contributed by atoms with Crippen LogP contribution in [0.4, 0.5) is 16.2 Å². The highest BCUT2D eigenvalue weighted by Crippen LogP contribution is 2.28. The highest BCUT2D eigenvalue weighted by Gasteiger charge is 2.22. The van der Waals surface area contributed by atoms with Crippen LogP contribution in [0.2, 0.25) is 5.02 Å². The van der Waals surface area contributed by atoms with Crippen LogP contribution >= 0.6 is 11.6 Å². The number of anilines is 2. The van der Waals surface area contributed by atoms with Gasteiger partial charge in [-0.3, -0.25) is 0 Å². The Morgan fingerprint density at radius 3 is 2.46 bits per heavy atom. The van der Waals surface area contributed by atoms with Gasteiger partial charge in [0.15, 0.2) is 0 Å². The van der Waals surface area contributed by atoms with E-state index in [1.807, 2.05) is 12.1 Å². The molecule has 134 valence electrons. The third-order valence-electron chi connectivity index (χ3n) is 4.33. The van der Waals surface area contributed by atoms with E-state index in [1.54, 1.807) is 42.3 Å². The molecule has 0 aromatic heterocycles. The molecular weight excluding hydrogens is 352 g/mol. The molecule has 6 nitrogen and oxygen atoms in total. The van der Waals surface area contributed by atoms with E-state index in [0.717, 1.165) is 18.8 Å². The number of hydrogen-bond acceptors (Lipinski definition) is 4. The molecule has 7 heteroatoms. The Balaban J connectivity index is 1.60. The lowest BCUT2D eigenvalue weighted by Gasteiger charge is -2.36. The van der Waals surface area contributed by atoms with Crippen molar-refractivity contribution in [3.63, 3.8) is 0 Å². The van der Waals surface area contributed by atoms with Crippen LogP contribution in [0.5, 0.6) is 5.75 Å². The number of amides is 2. The van der Waals surface area contributed by atoms with Gasteiger partial charge in [0.05, 0.1) is 24.4 Å². The maximum atomic E-state index is 12.5. The summed E-state index contributed by atoms with van der Waals surface area (Å²) in [5, 5.41) is 12.3. The van der Waals surface area contributed by atoms with Crippen LogP contribution in [-0.2, 0) is 0 Å². The van der Waals surface area contributed by atoms with Crippen molar-refractivity contribution in [1.82, 2.24) is 4.90 Å². The number of benzene rings is 2. The van der Waals surface area contributed by atoms with Crippen molar-refractivity contribution in [1.29, 1.82) is 5.26 Å². The second-order valence-corrected chi connectivity index (χ2v) is 6.34. The maximum Gasteiger partial charge on any atom is 0.322 e. The minimum atomic E-state index is -0.176. The van der Waals surface area contributed by atoms with Crippen molar-refractivity contribution in [3.05, 3.63) is 53.1 Å². The van der Waals surface area contributed by atoms with Crippen LogP contribution in [0.15, 0.2) is 42.5 Å². The number of nitrogens with one attached hydrogen (secondary N) is 1. The first-order chi connectivity index (χ1) is 12.6. The number of urea groups is 1. The van der Waals surface area contributed by atoms with E-state index in [9.17, 15) is 4.79 Å². The lowest BCUT2D eigenvalue weighted by molar-refractivity contribution is 0.208. The van der Waals surface area contributed by atoms with Crippen LogP contribution in [-0.4, -0.2) is 44.2 Å². The zero-order valence-corrected chi connectivity index (χ0v) is 15.2. The second kappa shape index (κ2) is 7.98. The topological polar surface area (TPSA) is 68.6 Å². The molecule has 1 aliphatic heterocycles. The fourth-order valence-corrected chi connectivity index (χ4v) is 3.06. The van der Waals surface area contributed by atoms with Gasteiger partial charge in [0.2, 0.25) is 0 Å². The summed E-state index contributed by atoms with van der Waals surface area (Å²) in [4.78, 5) is 16.5. The van der Waals surface area contributed by atoms with Crippen LogP contribution < -0.4 is 15.0 Å². The number of hydrogen-bond donors (Lipinski definition) is 1. The van der Waals surface area contributed by atoms with Gasteiger partial charge < -0.3 is 19.9 Å². The highest BCUT2D eigenvalue weighted by molar-refractivity contribution is 6.31. The van der Waals surface area contributed by atoms with Crippen molar-refractivity contribution in [2.75, 3.05) is 43.5 Å². The average molecular weight is 371 g/mol. The van der Waals surface area contributed by atoms with Crippen LogP contribution in [0.3, 0.4) is 0 Å². The lowest BCUT2D eigenvalue weighted by atomic mass is 10.2. The molecule has 0 radical (unpaired) electrons. The zero-order chi connectivity index (χ0) is 18.5. The largest absolute Gasteiger partial charge is 0.495 e. The molecule has 1 fully saturated rings. The Kier molecular flexibility index (Phi) is 5.49. The quantitative estimate of drug-likeness (QED) is 0.896. The normalized spacial score (nSPS) is 13.9.